The van der Waals surface area contributed by atoms with Crippen molar-refractivity contribution in [3.63, 3.8) is 0 Å². The SMILES string of the molecule is COCCN(Cc1cccc(-c2cc3nccc(Oc4ccc(N)cc4F)c3s2)c1)C(=O)O. The maximum atomic E-state index is 14.2. The average Bonchev–Trinajstić information content (AvgIpc) is 3.24. The number of rotatable bonds is 8. The third-order valence-corrected chi connectivity index (χ3v) is 6.16. The molecule has 0 radical (unpaired) electrons. The molecular weight excluding hydrogens is 445 g/mol. The number of hydrogen-bond acceptors (Lipinski definition) is 6. The van der Waals surface area contributed by atoms with E-state index in [9.17, 15) is 14.3 Å². The van der Waals surface area contributed by atoms with Crippen LogP contribution in [0.4, 0.5) is 14.9 Å². The van der Waals surface area contributed by atoms with Crippen LogP contribution in [0.25, 0.3) is 20.7 Å². The number of nitrogen functional groups attached to an aromatic ring is 1. The van der Waals surface area contributed by atoms with E-state index in [0.717, 1.165) is 26.2 Å². The van der Waals surface area contributed by atoms with Crippen LogP contribution < -0.4 is 10.5 Å². The maximum Gasteiger partial charge on any atom is 0.407 e. The molecule has 0 spiro atoms. The van der Waals surface area contributed by atoms with Crippen LogP contribution in [0.5, 0.6) is 11.5 Å². The number of nitrogens with two attached hydrogens (primary N) is 1. The highest BCUT2D eigenvalue weighted by molar-refractivity contribution is 7.22. The zero-order valence-electron chi connectivity index (χ0n) is 17.8. The van der Waals surface area contributed by atoms with Crippen molar-refractivity contribution in [2.75, 3.05) is 26.0 Å². The molecule has 1 amide bonds. The van der Waals surface area contributed by atoms with Crippen molar-refractivity contribution in [3.05, 3.63) is 72.2 Å². The molecule has 4 rings (SSSR count). The van der Waals surface area contributed by atoms with Gasteiger partial charge in [-0.25, -0.2) is 9.18 Å². The number of methoxy groups -OCH3 is 1. The van der Waals surface area contributed by atoms with Crippen LogP contribution in [0.2, 0.25) is 0 Å². The van der Waals surface area contributed by atoms with Crippen molar-refractivity contribution in [1.29, 1.82) is 0 Å². The number of anilines is 1. The fourth-order valence-corrected chi connectivity index (χ4v) is 4.40. The summed E-state index contributed by atoms with van der Waals surface area (Å²) >= 11 is 1.47. The summed E-state index contributed by atoms with van der Waals surface area (Å²) in [5, 5.41) is 9.45. The van der Waals surface area contributed by atoms with Gasteiger partial charge in [-0.1, -0.05) is 18.2 Å². The number of carboxylic acid groups (broad SMARTS) is 1. The Labute approximate surface area is 193 Å². The van der Waals surface area contributed by atoms with E-state index in [1.807, 2.05) is 30.3 Å². The van der Waals surface area contributed by atoms with Gasteiger partial charge in [-0.2, -0.15) is 0 Å². The van der Waals surface area contributed by atoms with Gasteiger partial charge in [-0.15, -0.1) is 11.3 Å². The van der Waals surface area contributed by atoms with Crippen molar-refractivity contribution in [2.24, 2.45) is 0 Å². The second-order valence-corrected chi connectivity index (χ2v) is 8.38. The van der Waals surface area contributed by atoms with E-state index >= 15 is 0 Å². The lowest BCUT2D eigenvalue weighted by atomic mass is 10.1. The van der Waals surface area contributed by atoms with Gasteiger partial charge in [0.25, 0.3) is 0 Å². The topological polar surface area (TPSA) is 97.9 Å². The molecule has 0 aliphatic rings. The van der Waals surface area contributed by atoms with Crippen molar-refractivity contribution < 1.29 is 23.8 Å². The number of hydrogen-bond donors (Lipinski definition) is 2. The summed E-state index contributed by atoms with van der Waals surface area (Å²) in [6.07, 6.45) is 0.612. The molecule has 4 aromatic rings. The Balaban J connectivity index is 1.62. The van der Waals surface area contributed by atoms with E-state index in [4.69, 9.17) is 15.2 Å². The number of benzene rings is 2. The Kier molecular flexibility index (Phi) is 6.71. The normalized spacial score (nSPS) is 11.0. The molecule has 0 saturated heterocycles. The van der Waals surface area contributed by atoms with Gasteiger partial charge in [0, 0.05) is 49.1 Å². The monoisotopic (exact) mass is 467 g/mol. The first kappa shape index (κ1) is 22.5. The molecule has 0 saturated carbocycles. The molecule has 2 heterocycles. The van der Waals surface area contributed by atoms with Crippen molar-refractivity contribution in [1.82, 2.24) is 9.88 Å². The van der Waals surface area contributed by atoms with Gasteiger partial charge in [-0.3, -0.25) is 4.98 Å². The lowest BCUT2D eigenvalue weighted by Gasteiger charge is -2.19. The summed E-state index contributed by atoms with van der Waals surface area (Å²) in [5.41, 5.74) is 8.45. The molecule has 0 bridgehead atoms. The number of fused-ring (bicyclic) bond motifs is 1. The first-order valence-electron chi connectivity index (χ1n) is 10.1. The minimum Gasteiger partial charge on any atom is -0.465 e. The molecule has 2 aromatic heterocycles. The number of nitrogens with zero attached hydrogens (tertiary/aromatic N) is 2. The van der Waals surface area contributed by atoms with Crippen LogP contribution in [0.15, 0.2) is 60.8 Å². The van der Waals surface area contributed by atoms with Gasteiger partial charge < -0.3 is 25.2 Å². The summed E-state index contributed by atoms with van der Waals surface area (Å²) in [6.45, 7) is 0.858. The fraction of sp³-hybridized carbons (Fsp3) is 0.167. The summed E-state index contributed by atoms with van der Waals surface area (Å²) in [7, 11) is 1.54. The fourth-order valence-electron chi connectivity index (χ4n) is 3.34. The van der Waals surface area contributed by atoms with Crippen molar-refractivity contribution in [2.45, 2.75) is 6.54 Å². The molecule has 0 aliphatic heterocycles. The number of ether oxygens (including phenoxy) is 2. The zero-order chi connectivity index (χ0) is 23.4. The van der Waals surface area contributed by atoms with Crippen molar-refractivity contribution >= 4 is 33.3 Å². The molecule has 7 nitrogen and oxygen atoms in total. The van der Waals surface area contributed by atoms with E-state index < -0.39 is 11.9 Å². The van der Waals surface area contributed by atoms with Crippen LogP contribution in [0.1, 0.15) is 5.56 Å². The highest BCUT2D eigenvalue weighted by Gasteiger charge is 2.15. The predicted octanol–water partition coefficient (Wildman–Crippen LogP) is 5.60. The van der Waals surface area contributed by atoms with Gasteiger partial charge >= 0.3 is 6.09 Å². The Bertz CT molecular complexity index is 1290. The van der Waals surface area contributed by atoms with Crippen LogP contribution in [-0.4, -0.2) is 41.3 Å². The smallest absolute Gasteiger partial charge is 0.407 e. The Hall–Kier alpha value is -3.69. The highest BCUT2D eigenvalue weighted by atomic mass is 32.1. The Morgan fingerprint density at radius 2 is 2.03 bits per heavy atom. The number of amides is 1. The Morgan fingerprint density at radius 1 is 1.18 bits per heavy atom. The van der Waals surface area contributed by atoms with Crippen LogP contribution in [0, 0.1) is 5.82 Å². The third kappa shape index (κ3) is 5.21. The molecular formula is C24H22FN3O4S. The molecule has 2 aromatic carbocycles. The third-order valence-electron chi connectivity index (χ3n) is 4.97. The zero-order valence-corrected chi connectivity index (χ0v) is 18.6. The molecule has 9 heteroatoms. The summed E-state index contributed by atoms with van der Waals surface area (Å²) < 4.78 is 25.8. The van der Waals surface area contributed by atoms with Gasteiger partial charge in [0.2, 0.25) is 0 Å². The molecule has 0 atom stereocenters. The molecule has 0 fully saturated rings. The average molecular weight is 468 g/mol. The highest BCUT2D eigenvalue weighted by Crippen LogP contribution is 2.39. The number of thiophene rings is 1. The second-order valence-electron chi connectivity index (χ2n) is 7.32. The molecule has 33 heavy (non-hydrogen) atoms. The van der Waals surface area contributed by atoms with E-state index in [0.29, 0.717) is 18.0 Å². The van der Waals surface area contributed by atoms with Crippen LogP contribution in [0.3, 0.4) is 0 Å². The van der Waals surface area contributed by atoms with Gasteiger partial charge in [0.05, 0.1) is 16.8 Å². The van der Waals surface area contributed by atoms with Gasteiger partial charge in [0.15, 0.2) is 11.6 Å². The van der Waals surface area contributed by atoms with E-state index in [-0.39, 0.29) is 18.8 Å². The maximum absolute atomic E-state index is 14.2. The molecule has 0 unspecified atom stereocenters. The number of pyridine rings is 1. The summed E-state index contributed by atoms with van der Waals surface area (Å²) in [5.74, 6) is 0.0343. The van der Waals surface area contributed by atoms with E-state index in [2.05, 4.69) is 4.98 Å². The molecule has 170 valence electrons. The summed E-state index contributed by atoms with van der Waals surface area (Å²) in [6, 6.07) is 15.6. The lowest BCUT2D eigenvalue weighted by Crippen LogP contribution is -2.32. The predicted molar refractivity (Wildman–Crippen MR) is 126 cm³/mol. The number of carbonyl (C=O) groups is 1. The first-order chi connectivity index (χ1) is 15.9. The van der Waals surface area contributed by atoms with Crippen molar-refractivity contribution in [3.8, 4) is 21.9 Å². The van der Waals surface area contributed by atoms with Crippen LogP contribution >= 0.6 is 11.3 Å². The second kappa shape index (κ2) is 9.85. The standard InChI is InChI=1S/C24H22FN3O4S/c1-31-10-9-28(24(29)30)14-15-3-2-4-16(11-15)22-13-19-23(33-22)21(7-8-27-19)32-20-6-5-17(26)12-18(20)25/h2-8,11-13H,9-10,14,26H2,1H3,(H,29,30). The number of aromatic nitrogens is 1. The van der Waals surface area contributed by atoms with Gasteiger partial charge in [-0.05, 0) is 35.4 Å². The minimum absolute atomic E-state index is 0.0819. The summed E-state index contributed by atoms with van der Waals surface area (Å²) in [4.78, 5) is 18.2. The van der Waals surface area contributed by atoms with Gasteiger partial charge in [0.1, 0.15) is 5.75 Å². The quantitative estimate of drug-likeness (QED) is 0.327. The molecule has 0 aliphatic carbocycles. The molecule has 3 N–H and O–H groups in total. The minimum atomic E-state index is -1.000. The van der Waals surface area contributed by atoms with E-state index in [1.165, 1.54) is 35.5 Å². The first-order valence-corrected chi connectivity index (χ1v) is 10.9. The van der Waals surface area contributed by atoms with Crippen LogP contribution in [-0.2, 0) is 11.3 Å². The lowest BCUT2D eigenvalue weighted by molar-refractivity contribution is 0.115. The number of halogens is 1. The Morgan fingerprint density at radius 3 is 2.79 bits per heavy atom. The van der Waals surface area contributed by atoms with E-state index in [1.54, 1.807) is 18.3 Å². The largest absolute Gasteiger partial charge is 0.465 e.